The summed E-state index contributed by atoms with van der Waals surface area (Å²) in [6, 6.07) is 11.7. The van der Waals surface area contributed by atoms with Crippen LogP contribution in [0, 0.1) is 6.92 Å². The van der Waals surface area contributed by atoms with E-state index in [-0.39, 0.29) is 0 Å². The Balaban J connectivity index is 2.01. The molecular weight excluding hydrogens is 238 g/mol. The number of benzene rings is 1. The highest BCUT2D eigenvalue weighted by Gasteiger charge is 2.04. The maximum absolute atomic E-state index is 10.4. The Kier molecular flexibility index (Phi) is 2.76. The SMILES string of the molecule is Cc1ccn2cc(-c3ccc(NC=O)cc3)nc2c1. The summed E-state index contributed by atoms with van der Waals surface area (Å²) in [5.74, 6) is 0. The van der Waals surface area contributed by atoms with Gasteiger partial charge in [-0.3, -0.25) is 4.79 Å². The Morgan fingerprint density at radius 1 is 1.21 bits per heavy atom. The van der Waals surface area contributed by atoms with Gasteiger partial charge >= 0.3 is 0 Å². The molecule has 0 aliphatic heterocycles. The molecule has 0 saturated carbocycles. The number of aryl methyl sites for hydroxylation is 1. The van der Waals surface area contributed by atoms with Gasteiger partial charge in [0.2, 0.25) is 6.41 Å². The number of fused-ring (bicyclic) bond motifs is 1. The molecule has 2 heterocycles. The quantitative estimate of drug-likeness (QED) is 0.727. The molecule has 1 aromatic carbocycles. The van der Waals surface area contributed by atoms with Crippen LogP contribution < -0.4 is 5.32 Å². The Bertz CT molecular complexity index is 729. The fraction of sp³-hybridized carbons (Fsp3) is 0.0667. The van der Waals surface area contributed by atoms with Crippen LogP contribution in [0.1, 0.15) is 5.56 Å². The number of aromatic nitrogens is 2. The molecular formula is C15H13N3O. The molecule has 0 fully saturated rings. The van der Waals surface area contributed by atoms with E-state index in [4.69, 9.17) is 0 Å². The zero-order chi connectivity index (χ0) is 13.2. The molecule has 3 rings (SSSR count). The summed E-state index contributed by atoms with van der Waals surface area (Å²) in [6.45, 7) is 2.05. The summed E-state index contributed by atoms with van der Waals surface area (Å²) in [5, 5.41) is 2.61. The van der Waals surface area contributed by atoms with Gasteiger partial charge in [0.05, 0.1) is 5.69 Å². The standard InChI is InChI=1S/C15H13N3O/c1-11-6-7-18-9-14(17-15(18)8-11)12-2-4-13(5-3-12)16-10-19/h2-10H,1H3,(H,16,19). The van der Waals surface area contributed by atoms with Crippen molar-refractivity contribution in [2.75, 3.05) is 5.32 Å². The second kappa shape index (κ2) is 4.57. The van der Waals surface area contributed by atoms with E-state index >= 15 is 0 Å². The van der Waals surface area contributed by atoms with E-state index in [0.29, 0.717) is 6.41 Å². The second-order valence-electron chi connectivity index (χ2n) is 4.44. The van der Waals surface area contributed by atoms with Crippen LogP contribution in [0.5, 0.6) is 0 Å². The van der Waals surface area contributed by atoms with Crippen LogP contribution in [0.4, 0.5) is 5.69 Å². The first-order valence-corrected chi connectivity index (χ1v) is 6.02. The van der Waals surface area contributed by atoms with Crippen molar-refractivity contribution in [1.82, 2.24) is 9.38 Å². The van der Waals surface area contributed by atoms with Crippen LogP contribution >= 0.6 is 0 Å². The fourth-order valence-electron chi connectivity index (χ4n) is 2.03. The molecule has 0 unspecified atom stereocenters. The average molecular weight is 251 g/mol. The summed E-state index contributed by atoms with van der Waals surface area (Å²) >= 11 is 0. The van der Waals surface area contributed by atoms with Gasteiger partial charge in [-0.1, -0.05) is 12.1 Å². The summed E-state index contributed by atoms with van der Waals surface area (Å²) < 4.78 is 2.00. The maximum atomic E-state index is 10.4. The zero-order valence-corrected chi connectivity index (χ0v) is 10.5. The fourth-order valence-corrected chi connectivity index (χ4v) is 2.03. The van der Waals surface area contributed by atoms with Crippen LogP contribution in [0.25, 0.3) is 16.9 Å². The normalized spacial score (nSPS) is 10.6. The Labute approximate surface area is 110 Å². The average Bonchev–Trinajstić information content (AvgIpc) is 2.83. The number of amides is 1. The van der Waals surface area contributed by atoms with Gasteiger partial charge in [0.1, 0.15) is 5.65 Å². The summed E-state index contributed by atoms with van der Waals surface area (Å²) in [6.07, 6.45) is 4.67. The second-order valence-corrected chi connectivity index (χ2v) is 4.44. The van der Waals surface area contributed by atoms with Gasteiger partial charge in [0, 0.05) is 23.6 Å². The highest BCUT2D eigenvalue weighted by molar-refractivity contribution is 5.73. The van der Waals surface area contributed by atoms with Gasteiger partial charge in [-0.2, -0.15) is 0 Å². The Morgan fingerprint density at radius 2 is 2.00 bits per heavy atom. The number of nitrogens with zero attached hydrogens (tertiary/aromatic N) is 2. The largest absolute Gasteiger partial charge is 0.329 e. The first-order valence-electron chi connectivity index (χ1n) is 6.02. The van der Waals surface area contributed by atoms with E-state index in [0.717, 1.165) is 22.6 Å². The number of rotatable bonds is 3. The van der Waals surface area contributed by atoms with Crippen LogP contribution in [-0.4, -0.2) is 15.8 Å². The lowest BCUT2D eigenvalue weighted by atomic mass is 10.1. The van der Waals surface area contributed by atoms with Gasteiger partial charge in [0.25, 0.3) is 0 Å². The van der Waals surface area contributed by atoms with Gasteiger partial charge in [-0.25, -0.2) is 4.98 Å². The molecule has 2 aromatic heterocycles. The third kappa shape index (κ3) is 2.20. The van der Waals surface area contributed by atoms with E-state index in [1.165, 1.54) is 5.56 Å². The van der Waals surface area contributed by atoms with E-state index < -0.39 is 0 Å². The van der Waals surface area contributed by atoms with Crippen molar-refractivity contribution < 1.29 is 4.79 Å². The van der Waals surface area contributed by atoms with Crippen molar-refractivity contribution in [2.24, 2.45) is 0 Å². The first kappa shape index (κ1) is 11.5. The number of nitrogens with one attached hydrogen (secondary N) is 1. The molecule has 94 valence electrons. The number of pyridine rings is 1. The van der Waals surface area contributed by atoms with Crippen molar-refractivity contribution in [3.05, 3.63) is 54.4 Å². The molecule has 0 aliphatic rings. The van der Waals surface area contributed by atoms with Gasteiger partial charge in [-0.15, -0.1) is 0 Å². The summed E-state index contributed by atoms with van der Waals surface area (Å²) in [4.78, 5) is 14.9. The summed E-state index contributed by atoms with van der Waals surface area (Å²) in [7, 11) is 0. The molecule has 1 amide bonds. The molecule has 0 saturated heterocycles. The number of imidazole rings is 1. The Hall–Kier alpha value is -2.62. The van der Waals surface area contributed by atoms with Crippen LogP contribution in [0.2, 0.25) is 0 Å². The minimum atomic E-state index is 0.669. The predicted octanol–water partition coefficient (Wildman–Crippen LogP) is 2.88. The van der Waals surface area contributed by atoms with Crippen LogP contribution in [0.3, 0.4) is 0 Å². The van der Waals surface area contributed by atoms with Crippen molar-refractivity contribution in [1.29, 1.82) is 0 Å². The van der Waals surface area contributed by atoms with Gasteiger partial charge in [0.15, 0.2) is 0 Å². The van der Waals surface area contributed by atoms with Crippen molar-refractivity contribution in [3.63, 3.8) is 0 Å². The summed E-state index contributed by atoms with van der Waals surface area (Å²) in [5.41, 5.74) is 4.85. The minimum absolute atomic E-state index is 0.669. The zero-order valence-electron chi connectivity index (χ0n) is 10.5. The number of carbonyl (C=O) groups excluding carboxylic acids is 1. The molecule has 4 heteroatoms. The topological polar surface area (TPSA) is 46.4 Å². The lowest BCUT2D eigenvalue weighted by Gasteiger charge is -1.99. The molecule has 0 spiro atoms. The molecule has 19 heavy (non-hydrogen) atoms. The Morgan fingerprint density at radius 3 is 2.74 bits per heavy atom. The molecule has 0 bridgehead atoms. The van der Waals surface area contributed by atoms with Crippen molar-refractivity contribution >= 4 is 17.7 Å². The minimum Gasteiger partial charge on any atom is -0.329 e. The number of hydrogen-bond acceptors (Lipinski definition) is 2. The van der Waals surface area contributed by atoms with Gasteiger partial charge in [-0.05, 0) is 36.8 Å². The molecule has 0 aliphatic carbocycles. The van der Waals surface area contributed by atoms with Crippen LogP contribution in [-0.2, 0) is 4.79 Å². The molecule has 4 nitrogen and oxygen atoms in total. The number of hydrogen-bond donors (Lipinski definition) is 1. The van der Waals surface area contributed by atoms with E-state index in [1.807, 2.05) is 54.0 Å². The third-order valence-electron chi connectivity index (χ3n) is 3.02. The monoisotopic (exact) mass is 251 g/mol. The third-order valence-corrected chi connectivity index (χ3v) is 3.02. The van der Waals surface area contributed by atoms with E-state index in [9.17, 15) is 4.79 Å². The lowest BCUT2D eigenvalue weighted by molar-refractivity contribution is -0.105. The smallest absolute Gasteiger partial charge is 0.211 e. The predicted molar refractivity (Wildman–Crippen MR) is 75.1 cm³/mol. The number of anilines is 1. The van der Waals surface area contributed by atoms with Crippen molar-refractivity contribution in [3.8, 4) is 11.3 Å². The maximum Gasteiger partial charge on any atom is 0.211 e. The van der Waals surface area contributed by atoms with Crippen molar-refractivity contribution in [2.45, 2.75) is 6.92 Å². The molecule has 1 N–H and O–H groups in total. The van der Waals surface area contributed by atoms with E-state index in [1.54, 1.807) is 0 Å². The number of carbonyl (C=O) groups is 1. The highest BCUT2D eigenvalue weighted by atomic mass is 16.1. The molecule has 0 radical (unpaired) electrons. The van der Waals surface area contributed by atoms with Crippen LogP contribution in [0.15, 0.2) is 48.8 Å². The first-order chi connectivity index (χ1) is 9.26. The van der Waals surface area contributed by atoms with Gasteiger partial charge < -0.3 is 9.72 Å². The highest BCUT2D eigenvalue weighted by Crippen LogP contribution is 2.21. The lowest BCUT2D eigenvalue weighted by Crippen LogP contribution is -1.92. The molecule has 0 atom stereocenters. The molecule has 3 aromatic rings. The van der Waals surface area contributed by atoms with E-state index in [2.05, 4.69) is 16.4 Å².